The number of rotatable bonds is 5. The molecule has 1 aromatic rings. The molecule has 1 aliphatic heterocycles. The number of carbonyl (C=O) groups excluding carboxylic acids is 2. The Balaban J connectivity index is 1.68. The molecule has 0 aliphatic carbocycles. The molecule has 3 amide bonds. The molecule has 0 saturated carbocycles. The number of nitriles is 1. The first-order chi connectivity index (χ1) is 11.6. The van der Waals surface area contributed by atoms with Gasteiger partial charge in [0.25, 0.3) is 0 Å². The summed E-state index contributed by atoms with van der Waals surface area (Å²) < 4.78 is 5.93. The monoisotopic (exact) mass is 330 g/mol. The molecule has 128 valence electrons. The van der Waals surface area contributed by atoms with E-state index >= 15 is 0 Å². The second kappa shape index (κ2) is 8.89. The summed E-state index contributed by atoms with van der Waals surface area (Å²) >= 11 is 0. The van der Waals surface area contributed by atoms with Crippen molar-refractivity contribution in [2.75, 3.05) is 26.7 Å². The smallest absolute Gasteiger partial charge is 0.321 e. The lowest BCUT2D eigenvalue weighted by atomic mass is 10.1. The van der Waals surface area contributed by atoms with Gasteiger partial charge in [-0.15, -0.1) is 0 Å². The molecule has 1 heterocycles. The van der Waals surface area contributed by atoms with Crippen molar-refractivity contribution in [2.24, 2.45) is 0 Å². The van der Waals surface area contributed by atoms with E-state index < -0.39 is 6.03 Å². The van der Waals surface area contributed by atoms with Gasteiger partial charge in [-0.1, -0.05) is 0 Å². The Morgan fingerprint density at radius 1 is 1.29 bits per heavy atom. The van der Waals surface area contributed by atoms with E-state index in [1.807, 2.05) is 12.1 Å². The fourth-order valence-corrected chi connectivity index (χ4v) is 2.56. The highest BCUT2D eigenvalue weighted by molar-refractivity contribution is 5.94. The van der Waals surface area contributed by atoms with Gasteiger partial charge in [0.15, 0.2) is 0 Å². The standard InChI is InChI=1S/C17H22N4O3/c1-19-17(23)20-16(22)8-11-21-9-6-15(7-10-21)24-14-4-2-13(12-18)3-5-14/h2-5,15H,6-11H2,1H3,(H2,19,20,22,23). The molecule has 0 unspecified atom stereocenters. The van der Waals surface area contributed by atoms with Gasteiger partial charge in [-0.3, -0.25) is 10.1 Å². The lowest BCUT2D eigenvalue weighted by Crippen LogP contribution is -2.42. The molecule has 2 rings (SSSR count). The van der Waals surface area contributed by atoms with Crippen LogP contribution in [-0.4, -0.2) is 49.6 Å². The number of hydrogen-bond donors (Lipinski definition) is 2. The van der Waals surface area contributed by atoms with E-state index in [9.17, 15) is 9.59 Å². The highest BCUT2D eigenvalue weighted by atomic mass is 16.5. The van der Waals surface area contributed by atoms with Crippen LogP contribution in [0.25, 0.3) is 0 Å². The van der Waals surface area contributed by atoms with E-state index in [4.69, 9.17) is 10.00 Å². The van der Waals surface area contributed by atoms with Gasteiger partial charge in [-0.25, -0.2) is 4.79 Å². The van der Waals surface area contributed by atoms with Crippen molar-refractivity contribution in [3.63, 3.8) is 0 Å². The van der Waals surface area contributed by atoms with Gasteiger partial charge >= 0.3 is 6.03 Å². The number of imide groups is 1. The molecule has 1 aliphatic rings. The highest BCUT2D eigenvalue weighted by Crippen LogP contribution is 2.19. The van der Waals surface area contributed by atoms with Crippen molar-refractivity contribution < 1.29 is 14.3 Å². The zero-order valence-corrected chi connectivity index (χ0v) is 13.7. The van der Waals surface area contributed by atoms with E-state index in [0.717, 1.165) is 31.7 Å². The third kappa shape index (κ3) is 5.56. The summed E-state index contributed by atoms with van der Waals surface area (Å²) in [7, 11) is 1.47. The number of ether oxygens (including phenoxy) is 1. The quantitative estimate of drug-likeness (QED) is 0.847. The van der Waals surface area contributed by atoms with Crippen LogP contribution in [0.3, 0.4) is 0 Å². The summed E-state index contributed by atoms with van der Waals surface area (Å²) in [4.78, 5) is 24.8. The first kappa shape index (κ1) is 17.8. The van der Waals surface area contributed by atoms with Crippen LogP contribution in [0.4, 0.5) is 4.79 Å². The Hall–Kier alpha value is -2.59. The normalized spacial score (nSPS) is 15.3. The van der Waals surface area contributed by atoms with Crippen LogP contribution in [0.5, 0.6) is 5.75 Å². The van der Waals surface area contributed by atoms with Gasteiger partial charge < -0.3 is 15.0 Å². The first-order valence-corrected chi connectivity index (χ1v) is 8.01. The summed E-state index contributed by atoms with van der Waals surface area (Å²) in [5, 5.41) is 13.4. The molecule has 1 saturated heterocycles. The van der Waals surface area contributed by atoms with Crippen LogP contribution in [0.1, 0.15) is 24.8 Å². The van der Waals surface area contributed by atoms with Crippen molar-refractivity contribution >= 4 is 11.9 Å². The van der Waals surface area contributed by atoms with Crippen LogP contribution in [0, 0.1) is 11.3 Å². The summed E-state index contributed by atoms with van der Waals surface area (Å²) in [5.74, 6) is 0.503. The second-order valence-corrected chi connectivity index (χ2v) is 5.67. The van der Waals surface area contributed by atoms with Crippen LogP contribution in [0.15, 0.2) is 24.3 Å². The van der Waals surface area contributed by atoms with E-state index in [-0.39, 0.29) is 12.0 Å². The molecular weight excluding hydrogens is 308 g/mol. The number of benzene rings is 1. The highest BCUT2D eigenvalue weighted by Gasteiger charge is 2.21. The number of amides is 3. The van der Waals surface area contributed by atoms with E-state index in [1.54, 1.807) is 12.1 Å². The second-order valence-electron chi connectivity index (χ2n) is 5.67. The summed E-state index contributed by atoms with van der Waals surface area (Å²) in [6.07, 6.45) is 2.22. The van der Waals surface area contributed by atoms with E-state index in [2.05, 4.69) is 21.6 Å². The van der Waals surface area contributed by atoms with Gasteiger partial charge in [-0.2, -0.15) is 5.26 Å². The average molecular weight is 330 g/mol. The third-order valence-electron chi connectivity index (χ3n) is 3.96. The molecule has 1 aromatic carbocycles. The molecule has 7 nitrogen and oxygen atoms in total. The maximum absolute atomic E-state index is 11.6. The molecule has 7 heteroatoms. The van der Waals surface area contributed by atoms with Crippen LogP contribution >= 0.6 is 0 Å². The molecule has 0 bridgehead atoms. The van der Waals surface area contributed by atoms with Crippen molar-refractivity contribution in [3.8, 4) is 11.8 Å². The van der Waals surface area contributed by atoms with Crippen molar-refractivity contribution in [1.82, 2.24) is 15.5 Å². The Morgan fingerprint density at radius 2 is 1.96 bits per heavy atom. The number of nitrogens with zero attached hydrogens (tertiary/aromatic N) is 2. The summed E-state index contributed by atoms with van der Waals surface area (Å²) in [6.45, 7) is 2.34. The van der Waals surface area contributed by atoms with Gasteiger partial charge in [0.05, 0.1) is 11.6 Å². The average Bonchev–Trinajstić information content (AvgIpc) is 2.61. The van der Waals surface area contributed by atoms with Crippen LogP contribution < -0.4 is 15.4 Å². The van der Waals surface area contributed by atoms with Crippen LogP contribution in [0.2, 0.25) is 0 Å². The van der Waals surface area contributed by atoms with E-state index in [0.29, 0.717) is 18.5 Å². The maximum Gasteiger partial charge on any atom is 0.321 e. The molecule has 1 fully saturated rings. The zero-order chi connectivity index (χ0) is 17.4. The minimum absolute atomic E-state index is 0.147. The predicted octanol–water partition coefficient (Wildman–Crippen LogP) is 1.25. The van der Waals surface area contributed by atoms with Crippen LogP contribution in [-0.2, 0) is 4.79 Å². The summed E-state index contributed by atoms with van der Waals surface area (Å²) in [5.41, 5.74) is 0.618. The number of hydrogen-bond acceptors (Lipinski definition) is 5. The maximum atomic E-state index is 11.6. The third-order valence-corrected chi connectivity index (χ3v) is 3.96. The number of likely N-dealkylation sites (tertiary alicyclic amines) is 1. The number of carbonyl (C=O) groups is 2. The minimum atomic E-state index is -0.477. The molecule has 0 radical (unpaired) electrons. The lowest BCUT2D eigenvalue weighted by molar-refractivity contribution is -0.120. The Kier molecular flexibility index (Phi) is 6.58. The van der Waals surface area contributed by atoms with Crippen molar-refractivity contribution in [3.05, 3.63) is 29.8 Å². The van der Waals surface area contributed by atoms with Gasteiger partial charge in [0.1, 0.15) is 11.9 Å². The molecule has 2 N–H and O–H groups in total. The lowest BCUT2D eigenvalue weighted by Gasteiger charge is -2.31. The molecule has 0 spiro atoms. The topological polar surface area (TPSA) is 94.5 Å². The SMILES string of the molecule is CNC(=O)NC(=O)CCN1CCC(Oc2ccc(C#N)cc2)CC1. The fraction of sp³-hybridized carbons (Fsp3) is 0.471. The van der Waals surface area contributed by atoms with Gasteiger partial charge in [0, 0.05) is 33.1 Å². The predicted molar refractivity (Wildman–Crippen MR) is 88.5 cm³/mol. The molecule has 0 atom stereocenters. The number of piperidine rings is 1. The molecular formula is C17H22N4O3. The number of nitrogens with one attached hydrogen (secondary N) is 2. The van der Waals surface area contributed by atoms with E-state index in [1.165, 1.54) is 7.05 Å². The van der Waals surface area contributed by atoms with Crippen molar-refractivity contribution in [2.45, 2.75) is 25.4 Å². The zero-order valence-electron chi connectivity index (χ0n) is 13.7. The Morgan fingerprint density at radius 3 is 2.54 bits per heavy atom. The Bertz CT molecular complexity index is 601. The van der Waals surface area contributed by atoms with Crippen molar-refractivity contribution in [1.29, 1.82) is 5.26 Å². The molecule has 24 heavy (non-hydrogen) atoms. The fourth-order valence-electron chi connectivity index (χ4n) is 2.56. The minimum Gasteiger partial charge on any atom is -0.490 e. The Labute approximate surface area is 141 Å². The first-order valence-electron chi connectivity index (χ1n) is 8.01. The molecule has 0 aromatic heterocycles. The number of urea groups is 1. The van der Waals surface area contributed by atoms with Gasteiger partial charge in [-0.05, 0) is 37.1 Å². The van der Waals surface area contributed by atoms with Gasteiger partial charge in [0.2, 0.25) is 5.91 Å². The largest absolute Gasteiger partial charge is 0.490 e. The summed E-state index contributed by atoms with van der Waals surface area (Å²) in [6, 6.07) is 8.72.